The lowest BCUT2D eigenvalue weighted by molar-refractivity contribution is -0.135. The third-order valence-corrected chi connectivity index (χ3v) is 4.32. The van der Waals surface area contributed by atoms with Gasteiger partial charge in [-0.1, -0.05) is 0 Å². The summed E-state index contributed by atoms with van der Waals surface area (Å²) in [6, 6.07) is 5.01. The van der Waals surface area contributed by atoms with Gasteiger partial charge in [-0.3, -0.25) is 4.79 Å². The van der Waals surface area contributed by atoms with E-state index in [0.717, 1.165) is 23.9 Å². The van der Waals surface area contributed by atoms with E-state index < -0.39 is 29.3 Å². The number of benzene rings is 2. The molecule has 0 aliphatic carbocycles. The molecular weight excluding hydrogens is 329 g/mol. The molecule has 1 unspecified atom stereocenters. The van der Waals surface area contributed by atoms with E-state index in [-0.39, 0.29) is 17.7 Å². The Bertz CT molecular complexity index is 934. The highest BCUT2D eigenvalue weighted by Crippen LogP contribution is 2.42. The van der Waals surface area contributed by atoms with Crippen LogP contribution in [0.4, 0.5) is 13.2 Å². The molecular formula is C15H7F3N2O2S. The highest BCUT2D eigenvalue weighted by Gasteiger charge is 2.32. The molecule has 1 aromatic heterocycles. The number of hydrogen-bond acceptors (Lipinski definition) is 5. The number of fused-ring (bicyclic) bond motifs is 3. The van der Waals surface area contributed by atoms with Gasteiger partial charge in [-0.2, -0.15) is 8.75 Å². The molecule has 2 heterocycles. The Morgan fingerprint density at radius 1 is 1.13 bits per heavy atom. The summed E-state index contributed by atoms with van der Waals surface area (Å²) >= 11 is 0.984. The average Bonchev–Trinajstić information content (AvgIpc) is 2.99. The molecule has 0 N–H and O–H groups in total. The van der Waals surface area contributed by atoms with Crippen molar-refractivity contribution in [2.24, 2.45) is 0 Å². The second-order valence-electron chi connectivity index (χ2n) is 5.14. The topological polar surface area (TPSA) is 52.1 Å². The monoisotopic (exact) mass is 336 g/mol. The van der Waals surface area contributed by atoms with E-state index in [1.54, 1.807) is 12.1 Å². The third-order valence-electron chi connectivity index (χ3n) is 3.78. The lowest BCUT2D eigenvalue weighted by Crippen LogP contribution is -2.21. The highest BCUT2D eigenvalue weighted by molar-refractivity contribution is 7.00. The Morgan fingerprint density at radius 2 is 1.87 bits per heavy atom. The van der Waals surface area contributed by atoms with Gasteiger partial charge in [0.15, 0.2) is 17.5 Å². The van der Waals surface area contributed by atoms with Gasteiger partial charge in [-0.05, 0) is 29.8 Å². The lowest BCUT2D eigenvalue weighted by Gasteiger charge is -2.25. The van der Waals surface area contributed by atoms with E-state index in [1.165, 1.54) is 0 Å². The second kappa shape index (κ2) is 5.02. The molecule has 116 valence electrons. The van der Waals surface area contributed by atoms with Gasteiger partial charge in [0, 0.05) is 11.5 Å². The summed E-state index contributed by atoms with van der Waals surface area (Å²) in [5.41, 5.74) is 1.79. The number of esters is 1. The Labute approximate surface area is 131 Å². The van der Waals surface area contributed by atoms with Crippen molar-refractivity contribution in [3.05, 3.63) is 52.8 Å². The molecule has 0 saturated carbocycles. The molecule has 1 aliphatic heterocycles. The lowest BCUT2D eigenvalue weighted by atomic mass is 9.85. The summed E-state index contributed by atoms with van der Waals surface area (Å²) < 4.78 is 53.8. The first-order chi connectivity index (χ1) is 11.0. The number of carbonyl (C=O) groups is 1. The van der Waals surface area contributed by atoms with Crippen molar-refractivity contribution in [1.29, 1.82) is 0 Å². The zero-order valence-corrected chi connectivity index (χ0v) is 12.2. The minimum atomic E-state index is -1.54. The van der Waals surface area contributed by atoms with E-state index in [1.807, 2.05) is 0 Å². The van der Waals surface area contributed by atoms with Crippen LogP contribution in [0.5, 0.6) is 5.75 Å². The third kappa shape index (κ3) is 2.17. The maximum Gasteiger partial charge on any atom is 0.312 e. The van der Waals surface area contributed by atoms with Crippen LogP contribution in [0, 0.1) is 17.5 Å². The maximum absolute atomic E-state index is 13.6. The Kier molecular flexibility index (Phi) is 3.08. The number of hydrogen-bond donors (Lipinski definition) is 0. The average molecular weight is 336 g/mol. The molecule has 1 atom stereocenters. The normalized spacial score (nSPS) is 17.2. The number of nitrogens with zero attached hydrogens (tertiary/aromatic N) is 2. The van der Waals surface area contributed by atoms with E-state index in [2.05, 4.69) is 8.75 Å². The van der Waals surface area contributed by atoms with Crippen LogP contribution in [0.3, 0.4) is 0 Å². The minimum Gasteiger partial charge on any atom is -0.426 e. The molecule has 3 aromatic rings. The first-order valence-corrected chi connectivity index (χ1v) is 7.38. The molecule has 0 fully saturated rings. The number of halogens is 3. The molecule has 2 aromatic carbocycles. The van der Waals surface area contributed by atoms with E-state index in [9.17, 15) is 18.0 Å². The molecule has 4 rings (SSSR count). The standard InChI is InChI=1S/C15H7F3N2O2S/c16-8-3-6(4-9(17)14(8)18)7-5-12(21)22-11-2-1-10-15(13(7)11)20-23-19-10/h1-4,7H,5H2. The van der Waals surface area contributed by atoms with Crippen LogP contribution >= 0.6 is 11.7 Å². The van der Waals surface area contributed by atoms with E-state index in [0.29, 0.717) is 16.6 Å². The van der Waals surface area contributed by atoms with Crippen molar-refractivity contribution in [2.75, 3.05) is 0 Å². The fourth-order valence-electron chi connectivity index (χ4n) is 2.77. The Balaban J connectivity index is 1.97. The second-order valence-corrected chi connectivity index (χ2v) is 5.67. The summed E-state index contributed by atoms with van der Waals surface area (Å²) in [5.74, 6) is -5.08. The van der Waals surface area contributed by atoms with E-state index >= 15 is 0 Å². The minimum absolute atomic E-state index is 0.117. The van der Waals surface area contributed by atoms with Crippen molar-refractivity contribution in [1.82, 2.24) is 8.75 Å². The van der Waals surface area contributed by atoms with E-state index in [4.69, 9.17) is 4.74 Å². The van der Waals surface area contributed by atoms with Gasteiger partial charge in [0.25, 0.3) is 0 Å². The Morgan fingerprint density at radius 3 is 2.61 bits per heavy atom. The molecule has 0 saturated heterocycles. The zero-order chi connectivity index (χ0) is 16.1. The first-order valence-electron chi connectivity index (χ1n) is 6.65. The van der Waals surface area contributed by atoms with Gasteiger partial charge in [0.2, 0.25) is 0 Å². The van der Waals surface area contributed by atoms with Crippen molar-refractivity contribution in [3.63, 3.8) is 0 Å². The summed E-state index contributed by atoms with van der Waals surface area (Å²) in [5, 5.41) is 0. The quantitative estimate of drug-likeness (QED) is 0.387. The summed E-state index contributed by atoms with van der Waals surface area (Å²) in [6.07, 6.45) is -0.117. The van der Waals surface area contributed by atoms with Crippen LogP contribution < -0.4 is 4.74 Å². The number of ether oxygens (including phenoxy) is 1. The molecule has 1 aliphatic rings. The van der Waals surface area contributed by atoms with Crippen molar-refractivity contribution in [2.45, 2.75) is 12.3 Å². The fraction of sp³-hybridized carbons (Fsp3) is 0.133. The summed E-state index contributed by atoms with van der Waals surface area (Å²) in [6.45, 7) is 0. The van der Waals surface area contributed by atoms with Crippen LogP contribution in [0.15, 0.2) is 24.3 Å². The van der Waals surface area contributed by atoms with Crippen LogP contribution in [0.25, 0.3) is 11.0 Å². The van der Waals surface area contributed by atoms with Gasteiger partial charge < -0.3 is 4.74 Å². The van der Waals surface area contributed by atoms with Crippen molar-refractivity contribution >= 4 is 28.7 Å². The summed E-state index contributed by atoms with van der Waals surface area (Å²) in [7, 11) is 0. The number of carbonyl (C=O) groups excluding carboxylic acids is 1. The first kappa shape index (κ1) is 14.1. The van der Waals surface area contributed by atoms with Crippen LogP contribution in [-0.4, -0.2) is 14.7 Å². The SMILES string of the molecule is O=C1CC(c2cc(F)c(F)c(F)c2)c2c(ccc3nsnc23)O1. The maximum atomic E-state index is 13.6. The number of aromatic nitrogens is 2. The van der Waals surface area contributed by atoms with Gasteiger partial charge in [-0.25, -0.2) is 13.2 Å². The van der Waals surface area contributed by atoms with Crippen LogP contribution in [0.2, 0.25) is 0 Å². The van der Waals surface area contributed by atoms with Crippen molar-refractivity contribution in [3.8, 4) is 5.75 Å². The smallest absolute Gasteiger partial charge is 0.312 e. The molecule has 0 bridgehead atoms. The molecule has 23 heavy (non-hydrogen) atoms. The van der Waals surface area contributed by atoms with Crippen LogP contribution in [0.1, 0.15) is 23.5 Å². The Hall–Kier alpha value is -2.48. The molecule has 4 nitrogen and oxygen atoms in total. The molecule has 0 spiro atoms. The summed E-state index contributed by atoms with van der Waals surface area (Å²) in [4.78, 5) is 11.8. The van der Waals surface area contributed by atoms with Gasteiger partial charge in [-0.15, -0.1) is 0 Å². The number of rotatable bonds is 1. The molecule has 8 heteroatoms. The van der Waals surface area contributed by atoms with Crippen LogP contribution in [-0.2, 0) is 4.79 Å². The zero-order valence-electron chi connectivity index (χ0n) is 11.3. The van der Waals surface area contributed by atoms with Gasteiger partial charge in [0.05, 0.1) is 18.1 Å². The predicted octanol–water partition coefficient (Wildman–Crippen LogP) is 3.55. The van der Waals surface area contributed by atoms with Gasteiger partial charge in [0.1, 0.15) is 16.8 Å². The van der Waals surface area contributed by atoms with Gasteiger partial charge >= 0.3 is 5.97 Å². The molecule has 0 amide bonds. The highest BCUT2D eigenvalue weighted by atomic mass is 32.1. The molecule has 0 radical (unpaired) electrons. The fourth-order valence-corrected chi connectivity index (χ4v) is 3.32. The largest absolute Gasteiger partial charge is 0.426 e. The predicted molar refractivity (Wildman–Crippen MR) is 75.8 cm³/mol. The van der Waals surface area contributed by atoms with Crippen molar-refractivity contribution < 1.29 is 22.7 Å².